The Balaban J connectivity index is -0.0000000817. The van der Waals surface area contributed by atoms with Gasteiger partial charge in [0.2, 0.25) is 0 Å². The predicted molar refractivity (Wildman–Crippen MR) is 34.6 cm³/mol. The molecule has 0 aliphatic rings. The molecule has 0 atom stereocenters. The quantitative estimate of drug-likeness (QED) is 0.296. The van der Waals surface area contributed by atoms with E-state index in [2.05, 4.69) is 2.85 Å². The van der Waals surface area contributed by atoms with E-state index in [4.69, 9.17) is 9.79 Å². The van der Waals surface area contributed by atoms with Crippen LogP contribution < -0.4 is 27.9 Å². The molecular weight excluding hydrogens is 323 g/mol. The molecule has 0 saturated heterocycles. The zero-order valence-electron chi connectivity index (χ0n) is 3.35. The van der Waals surface area contributed by atoms with Gasteiger partial charge in [0.05, 0.1) is 2.85 Å². The SMILES string of the molecule is O=P(O)(O)O[I+2]([O-])[O-].[NaH].[NaH].[NaH]. The van der Waals surface area contributed by atoms with Crippen molar-refractivity contribution in [1.82, 2.24) is 0 Å². The molecular formula is H5INa3O6P. The van der Waals surface area contributed by atoms with Crippen molar-refractivity contribution in [3.05, 3.63) is 0 Å². The Kier molecular flexibility index (Phi) is 26.0. The van der Waals surface area contributed by atoms with Crippen molar-refractivity contribution in [2.24, 2.45) is 0 Å². The first kappa shape index (κ1) is 24.1. The minimum absolute atomic E-state index is 0. The molecule has 0 rings (SSSR count). The molecule has 6 nitrogen and oxygen atoms in total. The van der Waals surface area contributed by atoms with Gasteiger partial charge < -0.3 is 6.87 Å². The van der Waals surface area contributed by atoms with E-state index in [9.17, 15) is 11.4 Å². The second-order valence-electron chi connectivity index (χ2n) is 0.749. The third-order valence-electron chi connectivity index (χ3n) is 0.146. The van der Waals surface area contributed by atoms with E-state index in [0.717, 1.165) is 0 Å². The Labute approximate surface area is 139 Å². The van der Waals surface area contributed by atoms with E-state index in [1.807, 2.05) is 0 Å². The zero-order valence-corrected chi connectivity index (χ0v) is 6.40. The van der Waals surface area contributed by atoms with Gasteiger partial charge in [-0.05, 0) is 0 Å². The van der Waals surface area contributed by atoms with E-state index in [0.29, 0.717) is 0 Å². The van der Waals surface area contributed by atoms with Crippen LogP contribution in [0.2, 0.25) is 0 Å². The van der Waals surface area contributed by atoms with Crippen LogP contribution in [0.4, 0.5) is 0 Å². The Hall–Kier alpha value is 3.76. The van der Waals surface area contributed by atoms with Crippen molar-refractivity contribution in [3.63, 3.8) is 0 Å². The van der Waals surface area contributed by atoms with Gasteiger partial charge in [-0.1, -0.05) is 0 Å². The standard InChI is InChI=1S/H2IO6P.3Na.3H/c2-1(3)7-8(4,5)6;;;;;;/h(H2,4,5,6);;;;;;. The van der Waals surface area contributed by atoms with E-state index in [1.54, 1.807) is 0 Å². The van der Waals surface area contributed by atoms with Crippen LogP contribution in [-0.4, -0.2) is 98.5 Å². The summed E-state index contributed by atoms with van der Waals surface area (Å²) in [6, 6.07) is 0. The third kappa shape index (κ3) is 24.8. The molecule has 0 aliphatic heterocycles. The van der Waals surface area contributed by atoms with Crippen LogP contribution in [0.15, 0.2) is 0 Å². The molecule has 11 heteroatoms. The molecule has 0 unspecified atom stereocenters. The molecule has 0 spiro atoms. The molecule has 0 saturated carbocycles. The fourth-order valence-electron chi connectivity index (χ4n) is 0.0734. The van der Waals surface area contributed by atoms with Gasteiger partial charge in [-0.2, -0.15) is 0 Å². The first-order valence-corrected chi connectivity index (χ1v) is 5.40. The van der Waals surface area contributed by atoms with Gasteiger partial charge in [-0.25, -0.2) is 4.57 Å². The molecule has 0 bridgehead atoms. The summed E-state index contributed by atoms with van der Waals surface area (Å²) in [7, 11) is -4.78. The van der Waals surface area contributed by atoms with Crippen LogP contribution >= 0.6 is 7.82 Å². The number of phosphoric acid groups is 1. The van der Waals surface area contributed by atoms with Crippen molar-refractivity contribution in [1.29, 1.82) is 0 Å². The topological polar surface area (TPSA) is 113 Å². The van der Waals surface area contributed by atoms with Crippen molar-refractivity contribution in [2.75, 3.05) is 0 Å². The summed E-state index contributed by atoms with van der Waals surface area (Å²) < 4.78 is 31.6. The molecule has 0 aliphatic carbocycles. The maximum absolute atomic E-state index is 9.55. The number of hydrogen-bond donors (Lipinski definition) is 2. The fraction of sp³-hybridized carbons (Fsp3) is 0. The Morgan fingerprint density at radius 2 is 1.45 bits per heavy atom. The average Bonchev–Trinajstić information content (AvgIpc) is 1.21. The first-order valence-electron chi connectivity index (χ1n) is 1.23. The number of hydrogen-bond acceptors (Lipinski definition) is 4. The summed E-state index contributed by atoms with van der Waals surface area (Å²) >= 11 is -4.20. The van der Waals surface area contributed by atoms with Gasteiger partial charge in [-0.15, -0.1) is 0 Å². The molecule has 0 aromatic heterocycles. The van der Waals surface area contributed by atoms with Gasteiger partial charge in [0.25, 0.3) is 0 Å². The summed E-state index contributed by atoms with van der Waals surface area (Å²) in [5.41, 5.74) is 0. The van der Waals surface area contributed by atoms with Crippen LogP contribution in [0.3, 0.4) is 0 Å². The maximum atomic E-state index is 9.55. The molecule has 0 amide bonds. The van der Waals surface area contributed by atoms with Crippen LogP contribution in [-0.2, 0) is 7.42 Å². The Morgan fingerprint density at radius 1 is 1.18 bits per heavy atom. The van der Waals surface area contributed by atoms with Gasteiger partial charge in [-0.3, -0.25) is 9.79 Å². The van der Waals surface area contributed by atoms with E-state index < -0.39 is 28.9 Å². The van der Waals surface area contributed by atoms with Gasteiger partial charge in [0, 0.05) is 0 Å². The van der Waals surface area contributed by atoms with E-state index in [1.165, 1.54) is 0 Å². The summed E-state index contributed by atoms with van der Waals surface area (Å²) in [5, 5.41) is 0. The zero-order chi connectivity index (χ0) is 6.78. The van der Waals surface area contributed by atoms with Crippen LogP contribution in [0.1, 0.15) is 0 Å². The molecule has 0 aromatic carbocycles. The Bertz CT molecular complexity index is 110. The first-order chi connectivity index (χ1) is 3.42. The molecule has 2 N–H and O–H groups in total. The van der Waals surface area contributed by atoms with Crippen molar-refractivity contribution >= 4 is 96.5 Å². The molecule has 0 aromatic rings. The van der Waals surface area contributed by atoms with E-state index >= 15 is 0 Å². The summed E-state index contributed by atoms with van der Waals surface area (Å²) in [6.07, 6.45) is 0. The minimum atomic E-state index is -4.78. The fourth-order valence-corrected chi connectivity index (χ4v) is 1.48. The molecule has 0 radical (unpaired) electrons. The second kappa shape index (κ2) is 11.8. The third-order valence-corrected chi connectivity index (χ3v) is 2.94. The molecule has 0 heterocycles. The van der Waals surface area contributed by atoms with E-state index in [-0.39, 0.29) is 88.7 Å². The van der Waals surface area contributed by atoms with Crippen LogP contribution in [0, 0.1) is 0 Å². The van der Waals surface area contributed by atoms with Gasteiger partial charge in [0.15, 0.2) is 0 Å². The predicted octanol–water partition coefficient (Wildman–Crippen LogP) is -7.76. The van der Waals surface area contributed by atoms with Gasteiger partial charge in [0.1, 0.15) is 0 Å². The molecule has 0 fully saturated rings. The van der Waals surface area contributed by atoms with Crippen LogP contribution in [0.5, 0.6) is 0 Å². The van der Waals surface area contributed by atoms with Crippen molar-refractivity contribution in [2.45, 2.75) is 0 Å². The van der Waals surface area contributed by atoms with Crippen molar-refractivity contribution in [3.8, 4) is 0 Å². The number of rotatable bonds is 2. The second-order valence-corrected chi connectivity index (χ2v) is 4.13. The van der Waals surface area contributed by atoms with Gasteiger partial charge >= 0.3 is 118 Å². The summed E-state index contributed by atoms with van der Waals surface area (Å²) in [4.78, 5) is 15.4. The normalized spacial score (nSPS) is 9.18. The number of halogens is 1. The molecule has 56 valence electrons. The van der Waals surface area contributed by atoms with Crippen LogP contribution in [0.25, 0.3) is 0 Å². The molecule has 11 heavy (non-hydrogen) atoms. The van der Waals surface area contributed by atoms with Crippen molar-refractivity contribution < 1.29 is 45.1 Å². The summed E-state index contributed by atoms with van der Waals surface area (Å²) in [6.45, 7) is 0. The summed E-state index contributed by atoms with van der Waals surface area (Å²) in [5.74, 6) is 0. The monoisotopic (exact) mass is 328 g/mol. The Morgan fingerprint density at radius 3 is 1.45 bits per heavy atom. The average molecular weight is 328 g/mol.